The number of carbonyl (C=O) groups excluding carboxylic acids is 1. The molecule has 142 valence electrons. The van der Waals surface area contributed by atoms with Crippen molar-refractivity contribution in [3.05, 3.63) is 53.9 Å². The number of ether oxygens (including phenoxy) is 1. The molecule has 3 aromatic rings. The van der Waals surface area contributed by atoms with Crippen molar-refractivity contribution in [2.45, 2.75) is 25.2 Å². The molecule has 2 aromatic heterocycles. The summed E-state index contributed by atoms with van der Waals surface area (Å²) in [4.78, 5) is 22.5. The molecule has 0 spiro atoms. The number of fused-ring (bicyclic) bond motifs is 1. The van der Waals surface area contributed by atoms with E-state index in [0.29, 0.717) is 23.5 Å². The van der Waals surface area contributed by atoms with Crippen LogP contribution in [-0.2, 0) is 4.74 Å². The highest BCUT2D eigenvalue weighted by Gasteiger charge is 2.18. The first-order valence-electron chi connectivity index (χ1n) is 8.47. The SMILES string of the molecule is CCCOC(=O)c1cnc2nc(C)ccc2c1Nc1cccc(SC)c1.Cl. The van der Waals surface area contributed by atoms with Gasteiger partial charge in [0.25, 0.3) is 0 Å². The number of aryl methyl sites for hydroxylation is 1. The lowest BCUT2D eigenvalue weighted by atomic mass is 10.1. The van der Waals surface area contributed by atoms with Gasteiger partial charge in [-0.15, -0.1) is 24.2 Å². The average Bonchev–Trinajstić information content (AvgIpc) is 2.66. The van der Waals surface area contributed by atoms with E-state index in [1.807, 2.05) is 56.5 Å². The molecule has 1 N–H and O–H groups in total. The number of hydrogen-bond donors (Lipinski definition) is 1. The summed E-state index contributed by atoms with van der Waals surface area (Å²) in [6, 6.07) is 11.9. The topological polar surface area (TPSA) is 64.1 Å². The summed E-state index contributed by atoms with van der Waals surface area (Å²) >= 11 is 1.66. The van der Waals surface area contributed by atoms with Gasteiger partial charge in [-0.2, -0.15) is 0 Å². The van der Waals surface area contributed by atoms with E-state index in [1.54, 1.807) is 11.8 Å². The van der Waals surface area contributed by atoms with Crippen LogP contribution in [0.15, 0.2) is 47.5 Å². The molecule has 3 rings (SSSR count). The van der Waals surface area contributed by atoms with Gasteiger partial charge >= 0.3 is 5.97 Å². The van der Waals surface area contributed by atoms with Crippen LogP contribution in [0.4, 0.5) is 11.4 Å². The number of nitrogens with zero attached hydrogens (tertiary/aromatic N) is 2. The predicted octanol–water partition coefficient (Wildman–Crippen LogP) is 5.39. The molecule has 2 heterocycles. The summed E-state index contributed by atoms with van der Waals surface area (Å²) < 4.78 is 5.33. The second-order valence-electron chi connectivity index (χ2n) is 5.86. The molecule has 0 saturated carbocycles. The summed E-state index contributed by atoms with van der Waals surface area (Å²) in [6.07, 6.45) is 4.33. The molecule has 0 unspecified atom stereocenters. The molecule has 0 bridgehead atoms. The zero-order valence-corrected chi connectivity index (χ0v) is 17.1. The van der Waals surface area contributed by atoms with Crippen molar-refractivity contribution in [3.8, 4) is 0 Å². The van der Waals surface area contributed by atoms with Gasteiger partial charge in [0.1, 0.15) is 5.56 Å². The Bertz CT molecular complexity index is 950. The fraction of sp³-hybridized carbons (Fsp3) is 0.250. The predicted molar refractivity (Wildman–Crippen MR) is 114 cm³/mol. The van der Waals surface area contributed by atoms with E-state index in [4.69, 9.17) is 4.74 Å². The number of anilines is 2. The standard InChI is InChI=1S/C20H21N3O2S.ClH/c1-4-10-25-20(24)17-12-21-19-16(9-8-13(2)22-19)18(17)23-14-6-5-7-15(11-14)26-3;/h5-9,11-12H,4,10H2,1-3H3,(H,21,22,23);1H. The number of esters is 1. The smallest absolute Gasteiger partial charge is 0.341 e. The van der Waals surface area contributed by atoms with Gasteiger partial charge in [-0.25, -0.2) is 14.8 Å². The van der Waals surface area contributed by atoms with Crippen LogP contribution in [0.3, 0.4) is 0 Å². The number of rotatable bonds is 6. The van der Waals surface area contributed by atoms with Gasteiger partial charge in [-0.1, -0.05) is 13.0 Å². The van der Waals surface area contributed by atoms with Crippen LogP contribution in [0.5, 0.6) is 0 Å². The minimum atomic E-state index is -0.384. The lowest BCUT2D eigenvalue weighted by molar-refractivity contribution is 0.0506. The Kier molecular flexibility index (Phi) is 7.45. The number of nitrogens with one attached hydrogen (secondary N) is 1. The van der Waals surface area contributed by atoms with Crippen molar-refractivity contribution < 1.29 is 9.53 Å². The minimum absolute atomic E-state index is 0. The Labute approximate surface area is 169 Å². The van der Waals surface area contributed by atoms with Crippen LogP contribution in [-0.4, -0.2) is 28.8 Å². The largest absolute Gasteiger partial charge is 0.462 e. The maximum atomic E-state index is 12.5. The van der Waals surface area contributed by atoms with Gasteiger partial charge in [-0.05, 0) is 49.9 Å². The molecular weight excluding hydrogens is 382 g/mol. The van der Waals surface area contributed by atoms with Crippen molar-refractivity contribution in [1.82, 2.24) is 9.97 Å². The van der Waals surface area contributed by atoms with Crippen molar-refractivity contribution in [3.63, 3.8) is 0 Å². The van der Waals surface area contributed by atoms with Gasteiger partial charge < -0.3 is 10.1 Å². The minimum Gasteiger partial charge on any atom is -0.462 e. The maximum absolute atomic E-state index is 12.5. The Hall–Kier alpha value is -2.31. The molecule has 0 saturated heterocycles. The third kappa shape index (κ3) is 4.90. The number of thioether (sulfide) groups is 1. The first-order chi connectivity index (χ1) is 12.6. The summed E-state index contributed by atoms with van der Waals surface area (Å²) in [5.41, 5.74) is 3.45. The molecule has 0 fully saturated rings. The highest BCUT2D eigenvalue weighted by molar-refractivity contribution is 7.98. The second-order valence-corrected chi connectivity index (χ2v) is 6.74. The zero-order chi connectivity index (χ0) is 18.5. The van der Waals surface area contributed by atoms with Crippen molar-refractivity contribution in [2.75, 3.05) is 18.2 Å². The average molecular weight is 404 g/mol. The van der Waals surface area contributed by atoms with E-state index in [-0.39, 0.29) is 18.4 Å². The monoisotopic (exact) mass is 403 g/mol. The molecule has 0 aliphatic heterocycles. The van der Waals surface area contributed by atoms with Gasteiger partial charge in [0.15, 0.2) is 5.65 Å². The van der Waals surface area contributed by atoms with E-state index in [1.165, 1.54) is 6.20 Å². The number of carbonyl (C=O) groups is 1. The number of aromatic nitrogens is 2. The molecule has 0 aliphatic carbocycles. The van der Waals surface area contributed by atoms with Crippen molar-refractivity contribution in [1.29, 1.82) is 0 Å². The summed E-state index contributed by atoms with van der Waals surface area (Å²) in [5, 5.41) is 4.16. The first kappa shape index (κ1) is 21.0. The molecule has 7 heteroatoms. The van der Waals surface area contributed by atoms with Crippen LogP contribution >= 0.6 is 24.2 Å². The molecule has 27 heavy (non-hydrogen) atoms. The summed E-state index contributed by atoms with van der Waals surface area (Å²) in [7, 11) is 0. The lowest BCUT2D eigenvalue weighted by Crippen LogP contribution is -2.10. The Morgan fingerprint density at radius 2 is 2.07 bits per heavy atom. The van der Waals surface area contributed by atoms with Crippen LogP contribution in [0.25, 0.3) is 11.0 Å². The van der Waals surface area contributed by atoms with Crippen LogP contribution in [0.2, 0.25) is 0 Å². The maximum Gasteiger partial charge on any atom is 0.341 e. The van der Waals surface area contributed by atoms with Crippen LogP contribution < -0.4 is 5.32 Å². The van der Waals surface area contributed by atoms with Crippen molar-refractivity contribution >= 4 is 52.5 Å². The zero-order valence-electron chi connectivity index (χ0n) is 15.5. The third-order valence-corrected chi connectivity index (χ3v) is 4.59. The fourth-order valence-corrected chi connectivity index (χ4v) is 3.04. The van der Waals surface area contributed by atoms with Gasteiger partial charge in [0, 0.05) is 27.9 Å². The summed E-state index contributed by atoms with van der Waals surface area (Å²) in [5.74, 6) is -0.384. The van der Waals surface area contributed by atoms with Gasteiger partial charge in [0.2, 0.25) is 0 Å². The van der Waals surface area contributed by atoms with E-state index in [0.717, 1.165) is 28.1 Å². The Balaban J connectivity index is 0.00000261. The van der Waals surface area contributed by atoms with Crippen LogP contribution in [0.1, 0.15) is 29.4 Å². The Morgan fingerprint density at radius 3 is 2.81 bits per heavy atom. The number of hydrogen-bond acceptors (Lipinski definition) is 6. The molecule has 1 aromatic carbocycles. The molecule has 0 amide bonds. The van der Waals surface area contributed by atoms with E-state index in [2.05, 4.69) is 15.3 Å². The first-order valence-corrected chi connectivity index (χ1v) is 9.69. The lowest BCUT2D eigenvalue weighted by Gasteiger charge is -2.14. The number of halogens is 1. The third-order valence-electron chi connectivity index (χ3n) is 3.87. The quantitative estimate of drug-likeness (QED) is 0.439. The molecule has 5 nitrogen and oxygen atoms in total. The van der Waals surface area contributed by atoms with E-state index in [9.17, 15) is 4.79 Å². The number of pyridine rings is 2. The molecule has 0 atom stereocenters. The normalized spacial score (nSPS) is 10.3. The second kappa shape index (κ2) is 9.58. The van der Waals surface area contributed by atoms with Gasteiger partial charge in [0.05, 0.1) is 12.3 Å². The summed E-state index contributed by atoms with van der Waals surface area (Å²) in [6.45, 7) is 4.26. The molecule has 0 aliphatic rings. The van der Waals surface area contributed by atoms with E-state index < -0.39 is 0 Å². The highest BCUT2D eigenvalue weighted by atomic mass is 35.5. The van der Waals surface area contributed by atoms with Crippen molar-refractivity contribution in [2.24, 2.45) is 0 Å². The van der Waals surface area contributed by atoms with Crippen LogP contribution in [0, 0.1) is 6.92 Å². The Morgan fingerprint density at radius 1 is 1.26 bits per heavy atom. The fourth-order valence-electron chi connectivity index (χ4n) is 2.58. The number of benzene rings is 1. The van der Waals surface area contributed by atoms with E-state index >= 15 is 0 Å². The molecule has 0 radical (unpaired) electrons. The highest BCUT2D eigenvalue weighted by Crippen LogP contribution is 2.30. The molecular formula is C20H22ClN3O2S. The van der Waals surface area contributed by atoms with Gasteiger partial charge in [-0.3, -0.25) is 0 Å².